The summed E-state index contributed by atoms with van der Waals surface area (Å²) < 4.78 is 4.96. The molecule has 2 rings (SSSR count). The number of aliphatic imine (C=N–C) groups is 1. The molecule has 2 N–H and O–H groups in total. The van der Waals surface area contributed by atoms with Crippen LogP contribution in [0.25, 0.3) is 0 Å². The highest BCUT2D eigenvalue weighted by molar-refractivity contribution is 5.79. The Bertz CT molecular complexity index is 465. The standard InChI is InChI=1S/C16H30N6O/c1-3-17-16(19-13-15-20-14(2)23-21-15)18-9-8-12-22-10-6-4-5-7-11-22/h3-13H2,1-2H3,(H2,17,18,19). The molecule has 0 saturated carbocycles. The molecule has 130 valence electrons. The third kappa shape index (κ3) is 6.99. The second-order valence-electron chi connectivity index (χ2n) is 5.96. The summed E-state index contributed by atoms with van der Waals surface area (Å²) in [6.45, 7) is 9.71. The predicted molar refractivity (Wildman–Crippen MR) is 91.4 cm³/mol. The minimum absolute atomic E-state index is 0.429. The van der Waals surface area contributed by atoms with Crippen LogP contribution in [0.1, 0.15) is 50.7 Å². The molecule has 7 heteroatoms. The lowest BCUT2D eigenvalue weighted by Crippen LogP contribution is -2.39. The second-order valence-corrected chi connectivity index (χ2v) is 5.96. The van der Waals surface area contributed by atoms with E-state index in [0.29, 0.717) is 18.3 Å². The van der Waals surface area contributed by atoms with Crippen LogP contribution >= 0.6 is 0 Å². The second kappa shape index (κ2) is 10.2. The van der Waals surface area contributed by atoms with E-state index < -0.39 is 0 Å². The van der Waals surface area contributed by atoms with E-state index in [1.807, 2.05) is 0 Å². The zero-order chi connectivity index (χ0) is 16.3. The van der Waals surface area contributed by atoms with Crippen molar-refractivity contribution in [2.75, 3.05) is 32.7 Å². The highest BCUT2D eigenvalue weighted by Gasteiger charge is 2.08. The van der Waals surface area contributed by atoms with Crippen molar-refractivity contribution in [2.45, 2.75) is 52.5 Å². The molecule has 0 unspecified atom stereocenters. The van der Waals surface area contributed by atoms with Crippen LogP contribution in [0.2, 0.25) is 0 Å². The summed E-state index contributed by atoms with van der Waals surface area (Å²) in [6.07, 6.45) is 6.61. The Balaban J connectivity index is 1.69. The van der Waals surface area contributed by atoms with Gasteiger partial charge in [0.15, 0.2) is 11.8 Å². The van der Waals surface area contributed by atoms with Crippen LogP contribution in [0.3, 0.4) is 0 Å². The quantitative estimate of drug-likeness (QED) is 0.452. The minimum atomic E-state index is 0.429. The van der Waals surface area contributed by atoms with Crippen molar-refractivity contribution in [3.63, 3.8) is 0 Å². The lowest BCUT2D eigenvalue weighted by Gasteiger charge is -2.20. The van der Waals surface area contributed by atoms with Gasteiger partial charge in [-0.3, -0.25) is 0 Å². The maximum atomic E-state index is 4.96. The fourth-order valence-corrected chi connectivity index (χ4v) is 2.77. The molecular weight excluding hydrogens is 292 g/mol. The van der Waals surface area contributed by atoms with Gasteiger partial charge >= 0.3 is 0 Å². The van der Waals surface area contributed by atoms with Gasteiger partial charge in [0, 0.05) is 20.0 Å². The molecule has 0 aromatic carbocycles. The zero-order valence-electron chi connectivity index (χ0n) is 14.5. The topological polar surface area (TPSA) is 78.6 Å². The Morgan fingerprint density at radius 2 is 2.00 bits per heavy atom. The first-order chi connectivity index (χ1) is 11.3. The van der Waals surface area contributed by atoms with Gasteiger partial charge in [0.25, 0.3) is 0 Å². The lowest BCUT2D eigenvalue weighted by atomic mass is 10.2. The summed E-state index contributed by atoms with van der Waals surface area (Å²) in [4.78, 5) is 11.2. The molecule has 0 aliphatic carbocycles. The molecule has 1 aliphatic heterocycles. The molecule has 0 radical (unpaired) electrons. The predicted octanol–water partition coefficient (Wildman–Crippen LogP) is 1.70. The fraction of sp³-hybridized carbons (Fsp3) is 0.812. The average molecular weight is 322 g/mol. The van der Waals surface area contributed by atoms with E-state index >= 15 is 0 Å². The van der Waals surface area contributed by atoms with Gasteiger partial charge in [0.1, 0.15) is 6.54 Å². The Kier molecular flexibility index (Phi) is 7.86. The maximum Gasteiger partial charge on any atom is 0.223 e. The number of hydrogen-bond acceptors (Lipinski definition) is 5. The van der Waals surface area contributed by atoms with Crippen LogP contribution in [0.5, 0.6) is 0 Å². The van der Waals surface area contributed by atoms with Crippen molar-refractivity contribution in [1.29, 1.82) is 0 Å². The molecule has 1 fully saturated rings. The summed E-state index contributed by atoms with van der Waals surface area (Å²) in [5, 5.41) is 10.5. The summed E-state index contributed by atoms with van der Waals surface area (Å²) in [6, 6.07) is 0. The third-order valence-electron chi connectivity index (χ3n) is 3.93. The van der Waals surface area contributed by atoms with E-state index in [4.69, 9.17) is 4.52 Å². The highest BCUT2D eigenvalue weighted by Crippen LogP contribution is 2.09. The van der Waals surface area contributed by atoms with E-state index in [0.717, 1.165) is 32.0 Å². The van der Waals surface area contributed by atoms with Crippen LogP contribution in [0.4, 0.5) is 0 Å². The first-order valence-corrected chi connectivity index (χ1v) is 8.81. The molecule has 1 aromatic heterocycles. The fourth-order valence-electron chi connectivity index (χ4n) is 2.77. The van der Waals surface area contributed by atoms with E-state index in [9.17, 15) is 0 Å². The summed E-state index contributed by atoms with van der Waals surface area (Å²) >= 11 is 0. The Labute approximate surface area is 138 Å². The molecule has 1 aromatic rings. The molecule has 1 aliphatic rings. The van der Waals surface area contributed by atoms with Gasteiger partial charge in [-0.25, -0.2) is 4.99 Å². The molecule has 0 bridgehead atoms. The number of likely N-dealkylation sites (tertiary alicyclic amines) is 1. The number of guanidine groups is 1. The van der Waals surface area contributed by atoms with Crippen molar-refractivity contribution in [1.82, 2.24) is 25.7 Å². The van der Waals surface area contributed by atoms with Gasteiger partial charge in [0.2, 0.25) is 5.89 Å². The van der Waals surface area contributed by atoms with Gasteiger partial charge < -0.3 is 20.1 Å². The van der Waals surface area contributed by atoms with Crippen molar-refractivity contribution in [3.8, 4) is 0 Å². The smallest absolute Gasteiger partial charge is 0.223 e. The molecule has 0 atom stereocenters. The minimum Gasteiger partial charge on any atom is -0.357 e. The molecule has 0 spiro atoms. The van der Waals surface area contributed by atoms with Crippen LogP contribution in [0, 0.1) is 6.92 Å². The van der Waals surface area contributed by atoms with Crippen LogP contribution < -0.4 is 10.6 Å². The molecular formula is C16H30N6O. The summed E-state index contributed by atoms with van der Waals surface area (Å²) in [5.41, 5.74) is 0. The summed E-state index contributed by atoms with van der Waals surface area (Å²) in [7, 11) is 0. The average Bonchev–Trinajstić information content (AvgIpc) is 2.80. The Morgan fingerprint density at radius 1 is 1.22 bits per heavy atom. The number of aryl methyl sites for hydroxylation is 1. The monoisotopic (exact) mass is 322 g/mol. The number of hydrogen-bond donors (Lipinski definition) is 2. The van der Waals surface area contributed by atoms with Crippen LogP contribution in [-0.2, 0) is 6.54 Å². The van der Waals surface area contributed by atoms with Crippen LogP contribution in [-0.4, -0.2) is 53.7 Å². The van der Waals surface area contributed by atoms with Gasteiger partial charge in [-0.05, 0) is 45.8 Å². The molecule has 0 amide bonds. The number of nitrogens with one attached hydrogen (secondary N) is 2. The lowest BCUT2D eigenvalue weighted by molar-refractivity contribution is 0.282. The van der Waals surface area contributed by atoms with Crippen molar-refractivity contribution >= 4 is 5.96 Å². The molecule has 2 heterocycles. The normalized spacial score (nSPS) is 17.0. The maximum absolute atomic E-state index is 4.96. The first kappa shape index (κ1) is 17.7. The summed E-state index contributed by atoms with van der Waals surface area (Å²) in [5.74, 6) is 2.00. The van der Waals surface area contributed by atoms with Gasteiger partial charge in [0.05, 0.1) is 0 Å². The van der Waals surface area contributed by atoms with Crippen molar-refractivity contribution in [3.05, 3.63) is 11.7 Å². The first-order valence-electron chi connectivity index (χ1n) is 8.81. The zero-order valence-corrected chi connectivity index (χ0v) is 14.5. The largest absolute Gasteiger partial charge is 0.357 e. The van der Waals surface area contributed by atoms with E-state index in [1.54, 1.807) is 6.92 Å². The Hall–Kier alpha value is -1.63. The molecule has 7 nitrogen and oxygen atoms in total. The van der Waals surface area contributed by atoms with Gasteiger partial charge in [-0.2, -0.15) is 4.98 Å². The highest BCUT2D eigenvalue weighted by atomic mass is 16.5. The van der Waals surface area contributed by atoms with Gasteiger partial charge in [-0.1, -0.05) is 18.0 Å². The Morgan fingerprint density at radius 3 is 2.65 bits per heavy atom. The third-order valence-corrected chi connectivity index (χ3v) is 3.93. The SMILES string of the molecule is CCNC(=NCc1noc(C)n1)NCCCN1CCCCCC1. The number of rotatable bonds is 7. The van der Waals surface area contributed by atoms with E-state index in [1.165, 1.54) is 38.8 Å². The van der Waals surface area contributed by atoms with E-state index in [-0.39, 0.29) is 0 Å². The molecule has 1 saturated heterocycles. The molecule has 23 heavy (non-hydrogen) atoms. The van der Waals surface area contributed by atoms with Crippen molar-refractivity contribution < 1.29 is 4.52 Å². The van der Waals surface area contributed by atoms with Crippen molar-refractivity contribution in [2.24, 2.45) is 4.99 Å². The van der Waals surface area contributed by atoms with E-state index in [2.05, 4.69) is 37.6 Å². The number of nitrogens with zero attached hydrogens (tertiary/aromatic N) is 4. The van der Waals surface area contributed by atoms with Crippen LogP contribution in [0.15, 0.2) is 9.52 Å². The number of aromatic nitrogens is 2. The van der Waals surface area contributed by atoms with Gasteiger partial charge in [-0.15, -0.1) is 0 Å².